The molecule has 1 amide bonds. The monoisotopic (exact) mass is 293 g/mol. The summed E-state index contributed by atoms with van der Waals surface area (Å²) in [5.74, 6) is -3.15. The zero-order chi connectivity index (χ0) is 15.7. The highest BCUT2D eigenvalue weighted by Gasteiger charge is 2.18. The molecule has 0 saturated carbocycles. The number of anilines is 1. The molecule has 7 heteroatoms. The molecule has 1 rings (SSSR count). The third-order valence-corrected chi connectivity index (χ3v) is 2.22. The van der Waals surface area contributed by atoms with E-state index < -0.39 is 29.9 Å². The molecule has 21 heavy (non-hydrogen) atoms. The van der Waals surface area contributed by atoms with Crippen molar-refractivity contribution < 1.29 is 23.9 Å². The van der Waals surface area contributed by atoms with Gasteiger partial charge in [-0.2, -0.15) is 0 Å². The van der Waals surface area contributed by atoms with Crippen molar-refractivity contribution in [2.45, 2.75) is 13.3 Å². The molecule has 7 nitrogen and oxygen atoms in total. The highest BCUT2D eigenvalue weighted by Crippen LogP contribution is 1.97. The maximum absolute atomic E-state index is 11.5. The maximum Gasteiger partial charge on any atom is 0.397 e. The predicted octanol–water partition coefficient (Wildman–Crippen LogP) is 0.482. The van der Waals surface area contributed by atoms with Crippen molar-refractivity contribution in [1.29, 1.82) is 0 Å². The molecule has 0 radical (unpaired) electrons. The summed E-state index contributed by atoms with van der Waals surface area (Å²) in [5, 5.41) is 2.12. The summed E-state index contributed by atoms with van der Waals surface area (Å²) in [6.07, 6.45) is 0.636. The minimum absolute atomic E-state index is 0.0597. The van der Waals surface area contributed by atoms with E-state index in [9.17, 15) is 19.2 Å². The van der Waals surface area contributed by atoms with Gasteiger partial charge >= 0.3 is 17.8 Å². The summed E-state index contributed by atoms with van der Waals surface area (Å²) in [6.45, 7) is 1.37. The Morgan fingerprint density at radius 1 is 1.10 bits per heavy atom. The second-order valence-corrected chi connectivity index (χ2v) is 3.94. The van der Waals surface area contributed by atoms with Gasteiger partial charge in [0.25, 0.3) is 0 Å². The van der Waals surface area contributed by atoms with Gasteiger partial charge in [0.1, 0.15) is 0 Å². The fourth-order valence-electron chi connectivity index (χ4n) is 1.25. The van der Waals surface area contributed by atoms with E-state index in [4.69, 9.17) is 0 Å². The Bertz CT molecular complexity index is 584. The van der Waals surface area contributed by atoms with E-state index >= 15 is 0 Å². The lowest BCUT2D eigenvalue weighted by atomic mass is 10.4. The third-order valence-electron chi connectivity index (χ3n) is 2.22. The number of ether oxygens (including phenoxy) is 2. The van der Waals surface area contributed by atoms with E-state index in [-0.39, 0.29) is 12.3 Å². The normalized spacial score (nSPS) is 9.57. The van der Waals surface area contributed by atoms with Crippen LogP contribution in [0.5, 0.6) is 0 Å². The third kappa shape index (κ3) is 5.85. The molecular formula is C14H15NO6. The smallest absolute Gasteiger partial charge is 0.397 e. The molecule has 0 aliphatic heterocycles. The van der Waals surface area contributed by atoms with Crippen molar-refractivity contribution in [3.8, 4) is 0 Å². The molecule has 0 aliphatic rings. The lowest BCUT2D eigenvalue weighted by Crippen LogP contribution is -2.29. The molecule has 0 aromatic heterocycles. The van der Waals surface area contributed by atoms with E-state index in [1.807, 2.05) is 6.92 Å². The van der Waals surface area contributed by atoms with Gasteiger partial charge in [0.15, 0.2) is 6.61 Å². The molecule has 1 aromatic carbocycles. The molecule has 0 unspecified atom stereocenters. The van der Waals surface area contributed by atoms with Gasteiger partial charge < -0.3 is 14.8 Å². The topological polar surface area (TPSA) is 98.8 Å². The zero-order valence-corrected chi connectivity index (χ0v) is 11.5. The molecule has 112 valence electrons. The van der Waals surface area contributed by atoms with Crippen LogP contribution in [0.1, 0.15) is 13.3 Å². The minimum Gasteiger partial charge on any atom is -0.463 e. The van der Waals surface area contributed by atoms with Gasteiger partial charge in [0.2, 0.25) is 5.43 Å². The Morgan fingerprint density at radius 3 is 2.52 bits per heavy atom. The second kappa shape index (κ2) is 8.47. The first kappa shape index (κ1) is 16.4. The number of hydrogen-bond acceptors (Lipinski definition) is 6. The van der Waals surface area contributed by atoms with E-state index in [2.05, 4.69) is 14.8 Å². The molecule has 1 N–H and O–H groups in total. The number of amides is 1. The van der Waals surface area contributed by atoms with Crippen LogP contribution in [0.25, 0.3) is 0 Å². The lowest BCUT2D eigenvalue weighted by Gasteiger charge is -2.05. The van der Waals surface area contributed by atoms with Gasteiger partial charge in [0.05, 0.1) is 12.3 Å². The number of hydrogen-bond donors (Lipinski definition) is 1. The van der Waals surface area contributed by atoms with Crippen molar-refractivity contribution in [1.82, 2.24) is 0 Å². The summed E-state index contributed by atoms with van der Waals surface area (Å²) in [5.41, 5.74) is -0.515. The highest BCUT2D eigenvalue weighted by atomic mass is 16.6. The highest BCUT2D eigenvalue weighted by molar-refractivity contribution is 6.37. The molecule has 0 atom stereocenters. The minimum atomic E-state index is -1.27. The Morgan fingerprint density at radius 2 is 1.81 bits per heavy atom. The number of esters is 2. The second-order valence-electron chi connectivity index (χ2n) is 3.94. The van der Waals surface area contributed by atoms with E-state index in [1.54, 1.807) is 6.07 Å². The van der Waals surface area contributed by atoms with Crippen LogP contribution in [0.3, 0.4) is 0 Å². The molecule has 0 aliphatic carbocycles. The maximum atomic E-state index is 11.5. The first-order chi connectivity index (χ1) is 10.0. The average molecular weight is 293 g/mol. The summed E-state index contributed by atoms with van der Waals surface area (Å²) < 4.78 is 9.14. The van der Waals surface area contributed by atoms with Gasteiger partial charge in [-0.1, -0.05) is 25.1 Å². The first-order valence-electron chi connectivity index (χ1n) is 6.27. The summed E-state index contributed by atoms with van der Waals surface area (Å²) in [4.78, 5) is 45.5. The summed E-state index contributed by atoms with van der Waals surface area (Å²) in [7, 11) is 0. The largest absolute Gasteiger partial charge is 0.463 e. The van der Waals surface area contributed by atoms with Crippen molar-refractivity contribution in [3.05, 3.63) is 40.6 Å². The average Bonchev–Trinajstić information content (AvgIpc) is 2.67. The van der Waals surface area contributed by atoms with Crippen molar-refractivity contribution in [2.75, 3.05) is 18.5 Å². The van der Waals surface area contributed by atoms with E-state index in [1.165, 1.54) is 24.3 Å². The van der Waals surface area contributed by atoms with Gasteiger partial charge in [0, 0.05) is 0 Å². The lowest BCUT2D eigenvalue weighted by molar-refractivity contribution is -0.161. The quantitative estimate of drug-likeness (QED) is 0.626. The Balaban J connectivity index is 2.52. The van der Waals surface area contributed by atoms with Crippen LogP contribution in [-0.4, -0.2) is 31.1 Å². The molecular weight excluding hydrogens is 278 g/mol. The van der Waals surface area contributed by atoms with Crippen LogP contribution in [0.15, 0.2) is 35.1 Å². The Labute approximate surface area is 120 Å². The molecule has 0 heterocycles. The molecule has 1 aromatic rings. The van der Waals surface area contributed by atoms with Gasteiger partial charge in [-0.3, -0.25) is 9.59 Å². The number of carbonyl (C=O) groups excluding carboxylic acids is 3. The Hall–Kier alpha value is -2.70. The standard InChI is InChI=1S/C14H15NO6/c1-2-8-20-12(17)9-21-14(19)13(18)15-10-6-4-3-5-7-11(10)16/h3-7H,2,8-9H2,1H3,(H,15,16,18). The zero-order valence-electron chi connectivity index (χ0n) is 11.5. The summed E-state index contributed by atoms with van der Waals surface area (Å²) >= 11 is 0. The van der Waals surface area contributed by atoms with Gasteiger partial charge in [-0.25, -0.2) is 9.59 Å². The van der Waals surface area contributed by atoms with Crippen LogP contribution in [-0.2, 0) is 23.9 Å². The van der Waals surface area contributed by atoms with Crippen LogP contribution in [0.2, 0.25) is 0 Å². The fourth-order valence-corrected chi connectivity index (χ4v) is 1.25. The molecule has 0 bridgehead atoms. The number of nitrogens with one attached hydrogen (secondary N) is 1. The number of rotatable bonds is 5. The summed E-state index contributed by atoms with van der Waals surface area (Å²) in [6, 6.07) is 7.22. The van der Waals surface area contributed by atoms with Crippen LogP contribution in [0, 0.1) is 0 Å². The van der Waals surface area contributed by atoms with Gasteiger partial charge in [-0.05, 0) is 18.6 Å². The number of carbonyl (C=O) groups is 3. The van der Waals surface area contributed by atoms with Crippen LogP contribution >= 0.6 is 0 Å². The SMILES string of the molecule is CCCOC(=O)COC(=O)C(=O)Nc1cccccc1=O. The van der Waals surface area contributed by atoms with E-state index in [0.717, 1.165) is 0 Å². The van der Waals surface area contributed by atoms with E-state index in [0.29, 0.717) is 6.42 Å². The first-order valence-corrected chi connectivity index (χ1v) is 6.27. The Kier molecular flexibility index (Phi) is 6.59. The van der Waals surface area contributed by atoms with Crippen LogP contribution < -0.4 is 10.7 Å². The van der Waals surface area contributed by atoms with Crippen molar-refractivity contribution in [3.63, 3.8) is 0 Å². The van der Waals surface area contributed by atoms with Crippen molar-refractivity contribution >= 4 is 23.5 Å². The molecule has 0 spiro atoms. The van der Waals surface area contributed by atoms with Crippen LogP contribution in [0.4, 0.5) is 5.69 Å². The van der Waals surface area contributed by atoms with Crippen molar-refractivity contribution in [2.24, 2.45) is 0 Å². The fraction of sp³-hybridized carbons (Fsp3) is 0.286. The van der Waals surface area contributed by atoms with Gasteiger partial charge in [-0.15, -0.1) is 0 Å². The predicted molar refractivity (Wildman–Crippen MR) is 73.6 cm³/mol. The molecule has 0 saturated heterocycles. The molecule has 0 fully saturated rings.